The van der Waals surface area contributed by atoms with Gasteiger partial charge in [0.1, 0.15) is 12.6 Å². The van der Waals surface area contributed by atoms with Gasteiger partial charge in [-0.25, -0.2) is 0 Å². The molecule has 1 atom stereocenters. The Labute approximate surface area is 237 Å². The smallest absolute Gasteiger partial charge is 0.322 e. The SMILES string of the molecule is CC/C=C\C/C=C\C/C=C\C/C=C\C/C=C\CCCC(=O)OC(CCCC)CCCCCC(=O)NCC(=O)O. The first-order valence-corrected chi connectivity index (χ1v) is 14.9. The Hall–Kier alpha value is -2.89. The van der Waals surface area contributed by atoms with Crippen LogP contribution in [0.3, 0.4) is 0 Å². The summed E-state index contributed by atoms with van der Waals surface area (Å²) in [6.07, 6.45) is 35.3. The Morgan fingerprint density at radius 1 is 0.692 bits per heavy atom. The molecule has 1 unspecified atom stereocenters. The molecule has 2 N–H and O–H groups in total. The predicted octanol–water partition coefficient (Wildman–Crippen LogP) is 8.16. The molecule has 0 saturated heterocycles. The number of ether oxygens (including phenoxy) is 1. The van der Waals surface area contributed by atoms with Crippen molar-refractivity contribution in [2.24, 2.45) is 0 Å². The zero-order valence-electron chi connectivity index (χ0n) is 24.5. The highest BCUT2D eigenvalue weighted by Crippen LogP contribution is 2.16. The molecule has 0 aromatic heterocycles. The number of nitrogens with one attached hydrogen (secondary N) is 1. The van der Waals surface area contributed by atoms with Gasteiger partial charge >= 0.3 is 11.9 Å². The number of allylic oxidation sites excluding steroid dienone is 10. The van der Waals surface area contributed by atoms with Crippen LogP contribution >= 0.6 is 0 Å². The van der Waals surface area contributed by atoms with Crippen molar-refractivity contribution in [1.29, 1.82) is 0 Å². The summed E-state index contributed by atoms with van der Waals surface area (Å²) < 4.78 is 5.74. The van der Waals surface area contributed by atoms with Crippen molar-refractivity contribution in [3.63, 3.8) is 0 Å². The Morgan fingerprint density at radius 3 is 1.82 bits per heavy atom. The second-order valence-corrected chi connectivity index (χ2v) is 9.62. The monoisotopic (exact) mass is 543 g/mol. The van der Waals surface area contributed by atoms with Gasteiger partial charge in [-0.05, 0) is 70.6 Å². The quantitative estimate of drug-likeness (QED) is 0.0688. The Kier molecular flexibility index (Phi) is 26.0. The number of aliphatic carboxylic acids is 1. The molecule has 0 aromatic rings. The lowest BCUT2D eigenvalue weighted by Crippen LogP contribution is -2.28. The van der Waals surface area contributed by atoms with Gasteiger partial charge in [0.05, 0.1) is 0 Å². The summed E-state index contributed by atoms with van der Waals surface area (Å²) in [5, 5.41) is 11.0. The molecule has 0 fully saturated rings. The normalized spacial score (nSPS) is 12.9. The number of carboxylic acid groups (broad SMARTS) is 1. The van der Waals surface area contributed by atoms with Crippen LogP contribution in [0.15, 0.2) is 60.8 Å². The molecule has 0 aliphatic heterocycles. The number of unbranched alkanes of at least 4 members (excludes halogenated alkanes) is 4. The van der Waals surface area contributed by atoms with E-state index in [0.717, 1.165) is 83.5 Å². The lowest BCUT2D eigenvalue weighted by molar-refractivity contribution is -0.150. The van der Waals surface area contributed by atoms with Crippen LogP contribution in [0, 0.1) is 0 Å². The van der Waals surface area contributed by atoms with Crippen molar-refractivity contribution in [2.75, 3.05) is 6.54 Å². The van der Waals surface area contributed by atoms with Gasteiger partial charge in [0.15, 0.2) is 0 Å². The third kappa shape index (κ3) is 27.9. The number of esters is 1. The number of hydrogen-bond acceptors (Lipinski definition) is 4. The van der Waals surface area contributed by atoms with Gasteiger partial charge in [-0.3, -0.25) is 14.4 Å². The second-order valence-electron chi connectivity index (χ2n) is 9.62. The molecular formula is C33H53NO5. The average Bonchev–Trinajstić information content (AvgIpc) is 2.91. The first-order chi connectivity index (χ1) is 19.0. The van der Waals surface area contributed by atoms with E-state index in [0.29, 0.717) is 19.3 Å². The van der Waals surface area contributed by atoms with Crippen molar-refractivity contribution in [3.05, 3.63) is 60.8 Å². The van der Waals surface area contributed by atoms with E-state index >= 15 is 0 Å². The van der Waals surface area contributed by atoms with Crippen LogP contribution in [0.25, 0.3) is 0 Å². The lowest BCUT2D eigenvalue weighted by atomic mass is 10.0. The van der Waals surface area contributed by atoms with E-state index in [9.17, 15) is 14.4 Å². The fraction of sp³-hybridized carbons (Fsp3) is 0.606. The van der Waals surface area contributed by atoms with Gasteiger partial charge in [0.2, 0.25) is 5.91 Å². The molecule has 39 heavy (non-hydrogen) atoms. The fourth-order valence-electron chi connectivity index (χ4n) is 3.77. The van der Waals surface area contributed by atoms with Crippen molar-refractivity contribution >= 4 is 17.8 Å². The van der Waals surface area contributed by atoms with E-state index in [-0.39, 0.29) is 24.5 Å². The molecule has 0 spiro atoms. The molecule has 0 radical (unpaired) electrons. The van der Waals surface area contributed by atoms with E-state index in [1.807, 2.05) is 0 Å². The number of carbonyl (C=O) groups is 3. The van der Waals surface area contributed by atoms with Gasteiger partial charge in [-0.2, -0.15) is 0 Å². The van der Waals surface area contributed by atoms with Crippen molar-refractivity contribution in [3.8, 4) is 0 Å². The summed E-state index contributed by atoms with van der Waals surface area (Å²) in [5.74, 6) is -1.41. The number of carboxylic acids is 1. The minimum absolute atomic E-state index is 0.0630. The number of amides is 1. The Balaban J connectivity index is 3.95. The van der Waals surface area contributed by atoms with Gasteiger partial charge in [0, 0.05) is 12.8 Å². The molecule has 0 aliphatic rings. The standard InChI is InChI=1S/C33H53NO5/c1-3-5-7-8-9-10-11-12-13-14-15-16-17-18-19-20-24-28-33(38)39-30(25-6-4-2)26-22-21-23-27-31(35)34-29-32(36)37/h5,7,9-10,12-13,15-16,18-19,30H,3-4,6,8,11,14,17,20-29H2,1-2H3,(H,34,35)(H,36,37)/b7-5-,10-9-,13-12-,16-15-,19-18-. The molecule has 1 amide bonds. The van der Waals surface area contributed by atoms with Crippen LogP contribution in [-0.2, 0) is 19.1 Å². The molecule has 0 aliphatic carbocycles. The van der Waals surface area contributed by atoms with Gasteiger partial charge < -0.3 is 15.2 Å². The fourth-order valence-corrected chi connectivity index (χ4v) is 3.77. The van der Waals surface area contributed by atoms with E-state index in [4.69, 9.17) is 9.84 Å². The first kappa shape index (κ1) is 36.1. The maximum Gasteiger partial charge on any atom is 0.322 e. The zero-order valence-corrected chi connectivity index (χ0v) is 24.5. The molecule has 6 heteroatoms. The van der Waals surface area contributed by atoms with E-state index in [2.05, 4.69) is 79.9 Å². The third-order valence-electron chi connectivity index (χ3n) is 5.95. The maximum atomic E-state index is 12.3. The van der Waals surface area contributed by atoms with Crippen LogP contribution < -0.4 is 5.32 Å². The largest absolute Gasteiger partial charge is 0.480 e. The predicted molar refractivity (Wildman–Crippen MR) is 161 cm³/mol. The highest BCUT2D eigenvalue weighted by atomic mass is 16.5. The Morgan fingerprint density at radius 2 is 1.26 bits per heavy atom. The summed E-state index contributed by atoms with van der Waals surface area (Å²) in [7, 11) is 0. The van der Waals surface area contributed by atoms with Gasteiger partial charge in [0.25, 0.3) is 0 Å². The molecule has 0 heterocycles. The highest BCUT2D eigenvalue weighted by Gasteiger charge is 2.14. The first-order valence-electron chi connectivity index (χ1n) is 14.9. The molecule has 0 aromatic carbocycles. The average molecular weight is 544 g/mol. The van der Waals surface area contributed by atoms with Crippen molar-refractivity contribution < 1.29 is 24.2 Å². The van der Waals surface area contributed by atoms with E-state index in [1.54, 1.807) is 0 Å². The molecule has 0 rings (SSSR count). The summed E-state index contributed by atoms with van der Waals surface area (Å²) in [5.41, 5.74) is 0. The van der Waals surface area contributed by atoms with Crippen molar-refractivity contribution in [1.82, 2.24) is 5.32 Å². The van der Waals surface area contributed by atoms with Gasteiger partial charge in [-0.15, -0.1) is 0 Å². The van der Waals surface area contributed by atoms with Crippen LogP contribution in [0.5, 0.6) is 0 Å². The molecule has 0 bridgehead atoms. The minimum atomic E-state index is -1.04. The Bertz CT molecular complexity index is 779. The van der Waals surface area contributed by atoms with Crippen LogP contribution in [-0.4, -0.2) is 35.6 Å². The van der Waals surface area contributed by atoms with E-state index in [1.165, 1.54) is 0 Å². The van der Waals surface area contributed by atoms with Gasteiger partial charge in [-0.1, -0.05) is 93.9 Å². The van der Waals surface area contributed by atoms with Crippen LogP contribution in [0.1, 0.15) is 117 Å². The number of hydrogen-bond donors (Lipinski definition) is 2. The van der Waals surface area contributed by atoms with Crippen LogP contribution in [0.2, 0.25) is 0 Å². The summed E-state index contributed by atoms with van der Waals surface area (Å²) >= 11 is 0. The van der Waals surface area contributed by atoms with Crippen LogP contribution in [0.4, 0.5) is 0 Å². The summed E-state index contributed by atoms with van der Waals surface area (Å²) in [4.78, 5) is 34.4. The molecule has 220 valence electrons. The maximum absolute atomic E-state index is 12.3. The van der Waals surface area contributed by atoms with E-state index < -0.39 is 5.97 Å². The summed E-state index contributed by atoms with van der Waals surface area (Å²) in [6.45, 7) is 3.93. The minimum Gasteiger partial charge on any atom is -0.480 e. The molecule has 0 saturated carbocycles. The highest BCUT2D eigenvalue weighted by molar-refractivity contribution is 5.80. The molecule has 6 nitrogen and oxygen atoms in total. The molecular weight excluding hydrogens is 490 g/mol. The second kappa shape index (κ2) is 28.1. The number of rotatable bonds is 25. The topological polar surface area (TPSA) is 92.7 Å². The van der Waals surface area contributed by atoms with Crippen molar-refractivity contribution in [2.45, 2.75) is 123 Å². The third-order valence-corrected chi connectivity index (χ3v) is 5.95. The number of carbonyl (C=O) groups excluding carboxylic acids is 2. The zero-order chi connectivity index (χ0) is 28.8. The lowest BCUT2D eigenvalue weighted by Gasteiger charge is -2.17. The summed E-state index contributed by atoms with van der Waals surface area (Å²) in [6, 6.07) is 0.